The van der Waals surface area contributed by atoms with Crippen molar-refractivity contribution < 1.29 is 5.11 Å². The molecule has 5 nitrogen and oxygen atoms in total. The topological polar surface area (TPSA) is 74.7 Å². The standard InChI is InChI=1S/C12H18N4O/c1-9(5-7-17)16-12(8-10-2-3-10)11(4-6-13)14-15-16/h9-10,17H,2-5,7-8H2,1H3. The molecule has 1 saturated carbocycles. The van der Waals surface area contributed by atoms with Gasteiger partial charge in [-0.15, -0.1) is 5.10 Å². The van der Waals surface area contributed by atoms with Crippen LogP contribution in [-0.4, -0.2) is 26.7 Å². The second kappa shape index (κ2) is 5.28. The lowest BCUT2D eigenvalue weighted by atomic mass is 10.1. The summed E-state index contributed by atoms with van der Waals surface area (Å²) in [6.45, 7) is 2.18. The van der Waals surface area contributed by atoms with Crippen LogP contribution in [0.15, 0.2) is 0 Å². The van der Waals surface area contributed by atoms with Gasteiger partial charge in [0.15, 0.2) is 0 Å². The third kappa shape index (κ3) is 2.83. The Kier molecular flexibility index (Phi) is 3.75. The maximum Gasteiger partial charge on any atom is 0.0999 e. The molecule has 1 atom stereocenters. The van der Waals surface area contributed by atoms with Gasteiger partial charge >= 0.3 is 0 Å². The number of aliphatic hydroxyl groups excluding tert-OH is 1. The summed E-state index contributed by atoms with van der Waals surface area (Å²) in [6, 6.07) is 2.28. The van der Waals surface area contributed by atoms with E-state index in [1.54, 1.807) is 0 Å². The van der Waals surface area contributed by atoms with E-state index in [0.717, 1.165) is 23.7 Å². The molecular formula is C12H18N4O. The van der Waals surface area contributed by atoms with Crippen LogP contribution in [-0.2, 0) is 12.8 Å². The number of aliphatic hydroxyl groups is 1. The van der Waals surface area contributed by atoms with E-state index in [9.17, 15) is 0 Å². The molecule has 1 aliphatic rings. The van der Waals surface area contributed by atoms with Crippen molar-refractivity contribution in [2.75, 3.05) is 6.61 Å². The zero-order valence-electron chi connectivity index (χ0n) is 10.1. The molecule has 0 saturated heterocycles. The molecule has 0 radical (unpaired) electrons. The number of hydrogen-bond acceptors (Lipinski definition) is 4. The number of nitriles is 1. The summed E-state index contributed by atoms with van der Waals surface area (Å²) in [7, 11) is 0. The molecule has 1 unspecified atom stereocenters. The lowest BCUT2D eigenvalue weighted by molar-refractivity contribution is 0.254. The van der Waals surface area contributed by atoms with Crippen molar-refractivity contribution in [3.8, 4) is 6.07 Å². The fourth-order valence-corrected chi connectivity index (χ4v) is 2.03. The first-order chi connectivity index (χ1) is 8.26. The first kappa shape index (κ1) is 12.1. The summed E-state index contributed by atoms with van der Waals surface area (Å²) >= 11 is 0. The first-order valence-corrected chi connectivity index (χ1v) is 6.17. The van der Waals surface area contributed by atoms with Crippen LogP contribution < -0.4 is 0 Å². The summed E-state index contributed by atoms with van der Waals surface area (Å²) in [6.07, 6.45) is 4.51. The van der Waals surface area contributed by atoms with Crippen molar-refractivity contribution in [3.05, 3.63) is 11.4 Å². The Labute approximate surface area is 101 Å². The van der Waals surface area contributed by atoms with Gasteiger partial charge in [0.05, 0.1) is 29.9 Å². The van der Waals surface area contributed by atoms with Crippen LogP contribution in [0.1, 0.15) is 43.6 Å². The van der Waals surface area contributed by atoms with Crippen molar-refractivity contribution in [2.45, 2.75) is 45.1 Å². The molecule has 0 aliphatic heterocycles. The lowest BCUT2D eigenvalue weighted by Crippen LogP contribution is -2.13. The largest absolute Gasteiger partial charge is 0.396 e. The molecular weight excluding hydrogens is 216 g/mol. The molecule has 1 heterocycles. The quantitative estimate of drug-likeness (QED) is 0.803. The van der Waals surface area contributed by atoms with Crippen molar-refractivity contribution in [2.24, 2.45) is 5.92 Å². The molecule has 92 valence electrons. The van der Waals surface area contributed by atoms with Crippen LogP contribution in [0.25, 0.3) is 0 Å². The van der Waals surface area contributed by atoms with Crippen LogP contribution in [0.3, 0.4) is 0 Å². The SMILES string of the molecule is CC(CCO)n1nnc(CC#N)c1CC1CC1. The van der Waals surface area contributed by atoms with Gasteiger partial charge in [-0.25, -0.2) is 4.68 Å². The fourth-order valence-electron chi connectivity index (χ4n) is 2.03. The van der Waals surface area contributed by atoms with Gasteiger partial charge in [-0.05, 0) is 38.5 Å². The zero-order valence-corrected chi connectivity index (χ0v) is 10.1. The van der Waals surface area contributed by atoms with E-state index < -0.39 is 0 Å². The summed E-state index contributed by atoms with van der Waals surface area (Å²) in [4.78, 5) is 0. The van der Waals surface area contributed by atoms with Gasteiger partial charge < -0.3 is 5.11 Å². The second-order valence-electron chi connectivity index (χ2n) is 4.77. The van der Waals surface area contributed by atoms with E-state index in [-0.39, 0.29) is 12.6 Å². The van der Waals surface area contributed by atoms with Gasteiger partial charge in [0.1, 0.15) is 0 Å². The summed E-state index contributed by atoms with van der Waals surface area (Å²) in [5.41, 5.74) is 1.90. The van der Waals surface area contributed by atoms with Gasteiger partial charge in [0.25, 0.3) is 0 Å². The average molecular weight is 234 g/mol. The minimum atomic E-state index is 0.147. The molecule has 1 aromatic rings. The number of aromatic nitrogens is 3. The highest BCUT2D eigenvalue weighted by molar-refractivity contribution is 5.16. The van der Waals surface area contributed by atoms with Crippen molar-refractivity contribution in [1.29, 1.82) is 5.26 Å². The normalized spacial score (nSPS) is 16.8. The molecule has 17 heavy (non-hydrogen) atoms. The highest BCUT2D eigenvalue weighted by Crippen LogP contribution is 2.33. The minimum absolute atomic E-state index is 0.147. The van der Waals surface area contributed by atoms with Crippen molar-refractivity contribution in [1.82, 2.24) is 15.0 Å². The zero-order chi connectivity index (χ0) is 12.3. The van der Waals surface area contributed by atoms with Crippen LogP contribution in [0.4, 0.5) is 0 Å². The Hall–Kier alpha value is -1.41. The van der Waals surface area contributed by atoms with E-state index >= 15 is 0 Å². The summed E-state index contributed by atoms with van der Waals surface area (Å²) < 4.78 is 1.89. The van der Waals surface area contributed by atoms with E-state index in [0.29, 0.717) is 12.8 Å². The Morgan fingerprint density at radius 3 is 2.94 bits per heavy atom. The molecule has 0 amide bonds. The Morgan fingerprint density at radius 1 is 1.59 bits per heavy atom. The Balaban J connectivity index is 2.20. The number of nitrogens with zero attached hydrogens (tertiary/aromatic N) is 4. The molecule has 1 aliphatic carbocycles. The maximum absolute atomic E-state index is 8.98. The molecule has 1 aromatic heterocycles. The van der Waals surface area contributed by atoms with Gasteiger partial charge in [0, 0.05) is 6.61 Å². The third-order valence-electron chi connectivity index (χ3n) is 3.26. The molecule has 5 heteroatoms. The fraction of sp³-hybridized carbons (Fsp3) is 0.750. The molecule has 1 N–H and O–H groups in total. The molecule has 0 spiro atoms. The number of hydrogen-bond donors (Lipinski definition) is 1. The number of rotatable bonds is 6. The summed E-state index contributed by atoms with van der Waals surface area (Å²) in [5.74, 6) is 0.742. The molecule has 1 fully saturated rings. The van der Waals surface area contributed by atoms with E-state index in [2.05, 4.69) is 16.4 Å². The highest BCUT2D eigenvalue weighted by atomic mass is 16.3. The van der Waals surface area contributed by atoms with E-state index in [1.165, 1.54) is 12.8 Å². The van der Waals surface area contributed by atoms with Gasteiger partial charge in [-0.3, -0.25) is 0 Å². The van der Waals surface area contributed by atoms with Crippen LogP contribution in [0, 0.1) is 17.2 Å². The second-order valence-corrected chi connectivity index (χ2v) is 4.77. The summed E-state index contributed by atoms with van der Waals surface area (Å²) in [5, 5.41) is 26.0. The van der Waals surface area contributed by atoms with E-state index in [1.807, 2.05) is 11.6 Å². The highest BCUT2D eigenvalue weighted by Gasteiger charge is 2.26. The molecule has 2 rings (SSSR count). The third-order valence-corrected chi connectivity index (χ3v) is 3.26. The van der Waals surface area contributed by atoms with Crippen molar-refractivity contribution >= 4 is 0 Å². The Morgan fingerprint density at radius 2 is 2.35 bits per heavy atom. The average Bonchev–Trinajstić information content (AvgIpc) is 3.02. The monoisotopic (exact) mass is 234 g/mol. The lowest BCUT2D eigenvalue weighted by Gasteiger charge is -2.13. The molecule has 0 bridgehead atoms. The predicted octanol–water partition coefficient (Wildman–Crippen LogP) is 1.24. The first-order valence-electron chi connectivity index (χ1n) is 6.17. The minimum Gasteiger partial charge on any atom is -0.396 e. The smallest absolute Gasteiger partial charge is 0.0999 e. The Bertz CT molecular complexity index is 417. The predicted molar refractivity (Wildman–Crippen MR) is 62.2 cm³/mol. The maximum atomic E-state index is 8.98. The van der Waals surface area contributed by atoms with Crippen LogP contribution in [0.2, 0.25) is 0 Å². The van der Waals surface area contributed by atoms with Gasteiger partial charge in [-0.1, -0.05) is 5.21 Å². The van der Waals surface area contributed by atoms with Crippen molar-refractivity contribution in [3.63, 3.8) is 0 Å². The molecule has 0 aromatic carbocycles. The van der Waals surface area contributed by atoms with E-state index in [4.69, 9.17) is 10.4 Å². The van der Waals surface area contributed by atoms with Gasteiger partial charge in [0.2, 0.25) is 0 Å². The van der Waals surface area contributed by atoms with Crippen LogP contribution >= 0.6 is 0 Å². The van der Waals surface area contributed by atoms with Gasteiger partial charge in [-0.2, -0.15) is 5.26 Å². The van der Waals surface area contributed by atoms with Crippen LogP contribution in [0.5, 0.6) is 0 Å².